The van der Waals surface area contributed by atoms with Gasteiger partial charge in [0.05, 0.1) is 24.4 Å². The first-order valence-corrected chi connectivity index (χ1v) is 16.6. The summed E-state index contributed by atoms with van der Waals surface area (Å²) < 4.78 is 18.4. The first-order chi connectivity index (χ1) is 21.0. The Morgan fingerprint density at radius 1 is 1.09 bits per heavy atom. The molecule has 0 aliphatic carbocycles. The number of hydrogen-bond donors (Lipinski definition) is 6. The van der Waals surface area contributed by atoms with Crippen LogP contribution in [0.15, 0.2) is 36.0 Å². The van der Waals surface area contributed by atoms with Gasteiger partial charge in [0.15, 0.2) is 0 Å². The highest BCUT2D eigenvalue weighted by Gasteiger charge is 2.63. The average molecular weight is 639 g/mol. The molecule has 3 heterocycles. The van der Waals surface area contributed by atoms with E-state index in [2.05, 4.69) is 0 Å². The van der Waals surface area contributed by atoms with Crippen molar-refractivity contribution in [2.45, 2.75) is 135 Å². The summed E-state index contributed by atoms with van der Waals surface area (Å²) in [4.78, 5) is 13.8. The summed E-state index contributed by atoms with van der Waals surface area (Å²) in [6.07, 6.45) is 4.39. The van der Waals surface area contributed by atoms with Gasteiger partial charge in [0.2, 0.25) is 5.79 Å². The monoisotopic (exact) mass is 638 g/mol. The van der Waals surface area contributed by atoms with Crippen molar-refractivity contribution in [3.8, 4) is 0 Å². The molecule has 0 spiro atoms. The lowest BCUT2D eigenvalue weighted by molar-refractivity contribution is -0.347. The van der Waals surface area contributed by atoms with E-state index in [1.165, 1.54) is 6.92 Å². The van der Waals surface area contributed by atoms with Crippen molar-refractivity contribution in [2.24, 2.45) is 35.5 Å². The number of fused-ring (bicyclic) bond motifs is 2. The number of aliphatic hydroxyl groups excluding tert-OH is 5. The second kappa shape index (κ2) is 15.5. The van der Waals surface area contributed by atoms with Crippen LogP contribution in [0.1, 0.15) is 81.1 Å². The van der Waals surface area contributed by atoms with Gasteiger partial charge in [0, 0.05) is 24.4 Å². The van der Waals surface area contributed by atoms with Gasteiger partial charge in [-0.3, -0.25) is 4.79 Å². The Morgan fingerprint density at radius 2 is 1.76 bits per heavy atom. The van der Waals surface area contributed by atoms with Crippen molar-refractivity contribution in [2.75, 3.05) is 6.61 Å². The van der Waals surface area contributed by atoms with Crippen molar-refractivity contribution >= 4 is 5.97 Å². The van der Waals surface area contributed by atoms with Crippen LogP contribution in [0.3, 0.4) is 0 Å². The van der Waals surface area contributed by atoms with Gasteiger partial charge in [-0.1, -0.05) is 65.0 Å². The van der Waals surface area contributed by atoms with E-state index >= 15 is 0 Å². The molecular formula is C35H58O10. The number of carbonyl (C=O) groups is 1. The number of epoxide rings is 1. The van der Waals surface area contributed by atoms with Crippen molar-refractivity contribution in [3.05, 3.63) is 36.0 Å². The van der Waals surface area contributed by atoms with Gasteiger partial charge >= 0.3 is 5.97 Å². The third kappa shape index (κ3) is 8.65. The maximum absolute atomic E-state index is 13.8. The quantitative estimate of drug-likeness (QED) is 0.132. The standard InChI is InChI=1S/C35H58O10/c1-19(2)16-26-27-15-11-14-25(37)13-10-9-12-20(3)31(43-33(41)24(7)35(42,44-27)30(40)29(26)39)34(8)32(45-34)22(5)17-21(4)28(38)23(6)18-36/h10-11,13,15,17,19-21,23-32,36-40,42H,9,12,14,16,18H2,1-8H3/b13-10+,15-11+,22-17+. The van der Waals surface area contributed by atoms with Gasteiger partial charge in [-0.2, -0.15) is 0 Å². The molecular weight excluding hydrogens is 580 g/mol. The van der Waals surface area contributed by atoms with Crippen molar-refractivity contribution in [3.63, 3.8) is 0 Å². The average Bonchev–Trinajstić information content (AvgIpc) is 3.68. The van der Waals surface area contributed by atoms with E-state index in [-0.39, 0.29) is 30.3 Å². The molecule has 2 fully saturated rings. The summed E-state index contributed by atoms with van der Waals surface area (Å²) in [5.41, 5.74) is -0.0432. The molecule has 0 saturated carbocycles. The molecule has 6 N–H and O–H groups in total. The number of aliphatic hydroxyl groups is 6. The van der Waals surface area contributed by atoms with E-state index in [9.17, 15) is 35.4 Å². The smallest absolute Gasteiger partial charge is 0.314 e. The molecule has 258 valence electrons. The highest BCUT2D eigenvalue weighted by molar-refractivity contribution is 5.74. The van der Waals surface area contributed by atoms with E-state index in [0.717, 1.165) is 5.57 Å². The highest BCUT2D eigenvalue weighted by atomic mass is 16.7. The topological polar surface area (TPSA) is 169 Å². The summed E-state index contributed by atoms with van der Waals surface area (Å²) in [7, 11) is 0. The minimum Gasteiger partial charge on any atom is -0.459 e. The van der Waals surface area contributed by atoms with Crippen LogP contribution in [0.5, 0.6) is 0 Å². The van der Waals surface area contributed by atoms with Gasteiger partial charge in [0.25, 0.3) is 0 Å². The Morgan fingerprint density at radius 3 is 2.38 bits per heavy atom. The molecule has 10 heteroatoms. The number of ether oxygens (including phenoxy) is 3. The van der Waals surface area contributed by atoms with Gasteiger partial charge in [-0.05, 0) is 63.9 Å². The van der Waals surface area contributed by atoms with E-state index in [0.29, 0.717) is 25.7 Å². The van der Waals surface area contributed by atoms with Crippen LogP contribution in [-0.2, 0) is 19.0 Å². The summed E-state index contributed by atoms with van der Waals surface area (Å²) in [5, 5.41) is 64.7. The lowest BCUT2D eigenvalue weighted by Gasteiger charge is -2.49. The number of carbonyl (C=O) groups excluding carboxylic acids is 1. The molecule has 45 heavy (non-hydrogen) atoms. The number of rotatable bonds is 8. The normalized spacial score (nSPS) is 43.7. The summed E-state index contributed by atoms with van der Waals surface area (Å²) in [6.45, 7) is 14.6. The van der Waals surface area contributed by atoms with E-state index in [1.54, 1.807) is 25.2 Å². The zero-order chi connectivity index (χ0) is 33.9. The summed E-state index contributed by atoms with van der Waals surface area (Å²) in [5.74, 6) is -5.71. The Kier molecular flexibility index (Phi) is 13.0. The molecule has 3 aliphatic rings. The lowest BCUT2D eigenvalue weighted by atomic mass is 9.77. The second-order valence-corrected chi connectivity index (χ2v) is 14.5. The second-order valence-electron chi connectivity index (χ2n) is 14.5. The number of cyclic esters (lactones) is 1. The van der Waals surface area contributed by atoms with Gasteiger partial charge in [-0.25, -0.2) is 0 Å². The molecule has 0 aromatic rings. The minimum absolute atomic E-state index is 0.132. The zero-order valence-corrected chi connectivity index (χ0v) is 28.2. The summed E-state index contributed by atoms with van der Waals surface area (Å²) >= 11 is 0. The molecule has 0 radical (unpaired) electrons. The van der Waals surface area contributed by atoms with Gasteiger partial charge < -0.3 is 44.8 Å². The van der Waals surface area contributed by atoms with E-state index in [1.807, 2.05) is 53.7 Å². The molecule has 0 aromatic carbocycles. The van der Waals surface area contributed by atoms with Gasteiger partial charge in [-0.15, -0.1) is 0 Å². The fourth-order valence-electron chi connectivity index (χ4n) is 7.00. The van der Waals surface area contributed by atoms with Crippen LogP contribution < -0.4 is 0 Å². The first kappa shape index (κ1) is 37.8. The molecule has 3 rings (SSSR count). The zero-order valence-electron chi connectivity index (χ0n) is 28.2. The fraction of sp³-hybridized carbons (Fsp3) is 0.800. The van der Waals surface area contributed by atoms with Crippen LogP contribution in [0.25, 0.3) is 0 Å². The molecule has 14 atom stereocenters. The first-order valence-electron chi connectivity index (χ1n) is 16.6. The predicted octanol–water partition coefficient (Wildman–Crippen LogP) is 3.03. The van der Waals surface area contributed by atoms with Crippen molar-refractivity contribution in [1.82, 2.24) is 0 Å². The van der Waals surface area contributed by atoms with Crippen LogP contribution in [0.2, 0.25) is 0 Å². The molecule has 2 bridgehead atoms. The van der Waals surface area contributed by atoms with Crippen LogP contribution in [-0.4, -0.2) is 97.3 Å². The molecule has 14 unspecified atom stereocenters. The molecule has 0 aromatic heterocycles. The highest BCUT2D eigenvalue weighted by Crippen LogP contribution is 2.49. The molecule has 0 amide bonds. The Hall–Kier alpha value is -1.63. The Labute approximate surface area is 268 Å². The SMILES string of the molecule is C/C(=C\C(C)C(O)C(C)CO)C1OC1(C)C1OC(=O)C(C)C2(O)OC(/C=C/CC(O)/C=C/CCC1C)C(CC(C)C)C(O)C2O. The number of esters is 1. The fourth-order valence-corrected chi connectivity index (χ4v) is 7.00. The molecule has 3 aliphatic heterocycles. The molecule has 10 nitrogen and oxygen atoms in total. The van der Waals surface area contributed by atoms with E-state index < -0.39 is 71.9 Å². The lowest BCUT2D eigenvalue weighted by Crippen LogP contribution is -2.66. The van der Waals surface area contributed by atoms with Crippen LogP contribution in [0.4, 0.5) is 0 Å². The van der Waals surface area contributed by atoms with Crippen molar-refractivity contribution in [1.29, 1.82) is 0 Å². The van der Waals surface area contributed by atoms with E-state index in [4.69, 9.17) is 14.2 Å². The number of hydrogen-bond acceptors (Lipinski definition) is 10. The Balaban J connectivity index is 1.94. The maximum Gasteiger partial charge on any atom is 0.314 e. The third-order valence-electron chi connectivity index (χ3n) is 10.0. The Bertz CT molecular complexity index is 1070. The third-order valence-corrected chi connectivity index (χ3v) is 10.0. The summed E-state index contributed by atoms with van der Waals surface area (Å²) in [6, 6.07) is 0. The largest absolute Gasteiger partial charge is 0.459 e. The predicted molar refractivity (Wildman–Crippen MR) is 170 cm³/mol. The minimum atomic E-state index is -2.43. The number of allylic oxidation sites excluding steroid dienone is 1. The van der Waals surface area contributed by atoms with Crippen molar-refractivity contribution < 1.29 is 49.6 Å². The molecule has 2 saturated heterocycles. The van der Waals surface area contributed by atoms with Crippen LogP contribution >= 0.6 is 0 Å². The maximum atomic E-state index is 13.8. The van der Waals surface area contributed by atoms with Gasteiger partial charge in [0.1, 0.15) is 29.8 Å². The van der Waals surface area contributed by atoms with Crippen LogP contribution in [0, 0.1) is 35.5 Å².